The number of nitrogens with zero attached hydrogens (tertiary/aromatic N) is 3. The number of hydrogen-bond acceptors (Lipinski definition) is 5. The molecule has 10 aromatic rings. The standard InChI is InChI=1S/C45H27N3OS/c1-3-12-28(13-4-1)43-46-44(29-14-5-2-6-15-29)48-45(47-43)37-27-31(33-18-11-21-41-42(33)35-17-8-10-20-40(35)50-41)22-24-32(37)30-23-25-39-36(26-30)34-16-7-9-19-38(34)49-39/h1-27H. The van der Waals surface area contributed by atoms with E-state index in [0.717, 1.165) is 55.3 Å². The van der Waals surface area contributed by atoms with Crippen LogP contribution in [0.15, 0.2) is 168 Å². The number of benzene rings is 7. The van der Waals surface area contributed by atoms with Gasteiger partial charge < -0.3 is 4.42 Å². The van der Waals surface area contributed by atoms with Gasteiger partial charge in [0.05, 0.1) is 0 Å². The first-order chi connectivity index (χ1) is 24.8. The molecule has 0 saturated heterocycles. The van der Waals surface area contributed by atoms with E-state index in [4.69, 9.17) is 19.4 Å². The van der Waals surface area contributed by atoms with Gasteiger partial charge in [-0.15, -0.1) is 11.3 Å². The Balaban J connectivity index is 1.26. The highest BCUT2D eigenvalue weighted by Gasteiger charge is 2.19. The van der Waals surface area contributed by atoms with Gasteiger partial charge in [0.2, 0.25) is 0 Å². The smallest absolute Gasteiger partial charge is 0.164 e. The molecule has 3 heterocycles. The van der Waals surface area contributed by atoms with Crippen LogP contribution >= 0.6 is 11.3 Å². The van der Waals surface area contributed by atoms with E-state index in [1.54, 1.807) is 0 Å². The Morgan fingerprint density at radius 2 is 0.960 bits per heavy atom. The lowest BCUT2D eigenvalue weighted by Crippen LogP contribution is -2.01. The molecule has 50 heavy (non-hydrogen) atoms. The quantitative estimate of drug-likeness (QED) is 0.185. The molecule has 0 amide bonds. The van der Waals surface area contributed by atoms with Gasteiger partial charge in [0.25, 0.3) is 0 Å². The fourth-order valence-electron chi connectivity index (χ4n) is 6.99. The summed E-state index contributed by atoms with van der Waals surface area (Å²) in [5, 5.41) is 4.71. The van der Waals surface area contributed by atoms with Gasteiger partial charge in [-0.25, -0.2) is 15.0 Å². The number of thiophene rings is 1. The van der Waals surface area contributed by atoms with E-state index in [9.17, 15) is 0 Å². The third-order valence-corrected chi connectivity index (χ3v) is 10.5. The van der Waals surface area contributed by atoms with Crippen molar-refractivity contribution in [3.63, 3.8) is 0 Å². The molecule has 3 aromatic heterocycles. The number of para-hydroxylation sites is 1. The number of furan rings is 1. The van der Waals surface area contributed by atoms with E-state index < -0.39 is 0 Å². The molecule has 7 aromatic carbocycles. The van der Waals surface area contributed by atoms with E-state index in [1.807, 2.05) is 84.1 Å². The molecular weight excluding hydrogens is 631 g/mol. The van der Waals surface area contributed by atoms with Crippen LogP contribution in [0.25, 0.3) is 98.5 Å². The number of hydrogen-bond donors (Lipinski definition) is 0. The first-order valence-corrected chi connectivity index (χ1v) is 17.4. The predicted molar refractivity (Wildman–Crippen MR) is 207 cm³/mol. The van der Waals surface area contributed by atoms with Crippen molar-refractivity contribution in [1.82, 2.24) is 15.0 Å². The second kappa shape index (κ2) is 11.6. The molecule has 0 fully saturated rings. The minimum atomic E-state index is 0.619. The van der Waals surface area contributed by atoms with Crippen LogP contribution in [0.3, 0.4) is 0 Å². The van der Waals surface area contributed by atoms with Crippen LogP contribution < -0.4 is 0 Å². The fraction of sp³-hybridized carbons (Fsp3) is 0. The maximum absolute atomic E-state index is 6.20. The van der Waals surface area contributed by atoms with Crippen molar-refractivity contribution in [1.29, 1.82) is 0 Å². The van der Waals surface area contributed by atoms with E-state index >= 15 is 0 Å². The monoisotopic (exact) mass is 657 g/mol. The molecule has 0 N–H and O–H groups in total. The predicted octanol–water partition coefficient (Wildman–Crippen LogP) is 12.5. The second-order valence-corrected chi connectivity index (χ2v) is 13.5. The summed E-state index contributed by atoms with van der Waals surface area (Å²) < 4.78 is 8.75. The molecule has 5 heteroatoms. The Bertz CT molecular complexity index is 2820. The maximum atomic E-state index is 6.20. The van der Waals surface area contributed by atoms with Crippen molar-refractivity contribution in [2.45, 2.75) is 0 Å². The molecule has 4 nitrogen and oxygen atoms in total. The molecule has 234 valence electrons. The molecular formula is C45H27N3OS. The second-order valence-electron chi connectivity index (χ2n) is 12.4. The Hall–Kier alpha value is -6.43. The van der Waals surface area contributed by atoms with Crippen molar-refractivity contribution in [2.75, 3.05) is 0 Å². The summed E-state index contributed by atoms with van der Waals surface area (Å²) >= 11 is 1.83. The molecule has 10 rings (SSSR count). The molecule has 0 saturated carbocycles. The molecule has 0 aliphatic heterocycles. The van der Waals surface area contributed by atoms with Gasteiger partial charge in [0.15, 0.2) is 17.5 Å². The lowest BCUT2D eigenvalue weighted by molar-refractivity contribution is 0.669. The van der Waals surface area contributed by atoms with Gasteiger partial charge in [-0.05, 0) is 58.7 Å². The van der Waals surface area contributed by atoms with Crippen LogP contribution in [0.5, 0.6) is 0 Å². The summed E-state index contributed by atoms with van der Waals surface area (Å²) in [6, 6.07) is 56.9. The number of fused-ring (bicyclic) bond motifs is 6. The van der Waals surface area contributed by atoms with Crippen LogP contribution in [-0.2, 0) is 0 Å². The van der Waals surface area contributed by atoms with Crippen LogP contribution in [0.2, 0.25) is 0 Å². The molecule has 0 aliphatic carbocycles. The Morgan fingerprint density at radius 3 is 1.74 bits per heavy atom. The minimum absolute atomic E-state index is 0.619. The topological polar surface area (TPSA) is 51.8 Å². The fourth-order valence-corrected chi connectivity index (χ4v) is 8.12. The van der Waals surface area contributed by atoms with Crippen LogP contribution in [0.1, 0.15) is 0 Å². The molecule has 0 aliphatic rings. The minimum Gasteiger partial charge on any atom is -0.456 e. The van der Waals surface area contributed by atoms with Crippen LogP contribution in [0.4, 0.5) is 0 Å². The highest BCUT2D eigenvalue weighted by atomic mass is 32.1. The van der Waals surface area contributed by atoms with Crippen LogP contribution in [0, 0.1) is 0 Å². The summed E-state index contributed by atoms with van der Waals surface area (Å²) in [5.74, 6) is 1.88. The van der Waals surface area contributed by atoms with Gasteiger partial charge in [-0.2, -0.15) is 0 Å². The van der Waals surface area contributed by atoms with Gasteiger partial charge in [-0.3, -0.25) is 0 Å². The highest BCUT2D eigenvalue weighted by molar-refractivity contribution is 7.25. The molecule has 0 radical (unpaired) electrons. The summed E-state index contributed by atoms with van der Waals surface area (Å²) in [6.45, 7) is 0. The Morgan fingerprint density at radius 1 is 0.360 bits per heavy atom. The van der Waals surface area contributed by atoms with Crippen LogP contribution in [-0.4, -0.2) is 15.0 Å². The van der Waals surface area contributed by atoms with Gasteiger partial charge >= 0.3 is 0 Å². The SMILES string of the molecule is c1ccc(-c2nc(-c3ccccc3)nc(-c3cc(-c4cccc5sc6ccccc6c45)ccc3-c3ccc4oc5ccccc5c4c3)n2)cc1. The molecule has 0 atom stereocenters. The molecule has 0 spiro atoms. The average Bonchev–Trinajstić information content (AvgIpc) is 3.76. The van der Waals surface area contributed by atoms with Gasteiger partial charge in [0.1, 0.15) is 11.2 Å². The van der Waals surface area contributed by atoms with E-state index in [-0.39, 0.29) is 0 Å². The summed E-state index contributed by atoms with van der Waals surface area (Å²) in [4.78, 5) is 15.4. The van der Waals surface area contributed by atoms with Crippen molar-refractivity contribution < 1.29 is 4.42 Å². The number of aromatic nitrogens is 3. The highest BCUT2D eigenvalue weighted by Crippen LogP contribution is 2.43. The summed E-state index contributed by atoms with van der Waals surface area (Å²) in [5.41, 5.74) is 8.94. The van der Waals surface area contributed by atoms with Gasteiger partial charge in [-0.1, -0.05) is 127 Å². The Labute approximate surface area is 292 Å². The largest absolute Gasteiger partial charge is 0.456 e. The van der Waals surface area contributed by atoms with Crippen molar-refractivity contribution in [3.8, 4) is 56.4 Å². The van der Waals surface area contributed by atoms with E-state index in [1.165, 1.54) is 25.7 Å². The molecule has 0 unspecified atom stereocenters. The average molecular weight is 658 g/mol. The third kappa shape index (κ3) is 4.79. The summed E-state index contributed by atoms with van der Waals surface area (Å²) in [7, 11) is 0. The third-order valence-electron chi connectivity index (χ3n) is 9.36. The zero-order valence-corrected chi connectivity index (χ0v) is 27.6. The first-order valence-electron chi connectivity index (χ1n) is 16.6. The van der Waals surface area contributed by atoms with Crippen molar-refractivity contribution >= 4 is 53.4 Å². The summed E-state index contributed by atoms with van der Waals surface area (Å²) in [6.07, 6.45) is 0. The van der Waals surface area contributed by atoms with E-state index in [2.05, 4.69) is 91.0 Å². The zero-order valence-electron chi connectivity index (χ0n) is 26.7. The number of rotatable bonds is 5. The maximum Gasteiger partial charge on any atom is 0.164 e. The van der Waals surface area contributed by atoms with Gasteiger partial charge in [0, 0.05) is 47.6 Å². The Kier molecular flexibility index (Phi) is 6.64. The molecule has 0 bridgehead atoms. The normalized spacial score (nSPS) is 11.6. The van der Waals surface area contributed by atoms with E-state index in [0.29, 0.717) is 17.5 Å². The lowest BCUT2D eigenvalue weighted by atomic mass is 9.92. The van der Waals surface area contributed by atoms with Crippen molar-refractivity contribution in [2.24, 2.45) is 0 Å². The first kappa shape index (κ1) is 28.6. The zero-order chi connectivity index (χ0) is 33.0. The van der Waals surface area contributed by atoms with Crippen molar-refractivity contribution in [3.05, 3.63) is 164 Å². The lowest BCUT2D eigenvalue weighted by Gasteiger charge is -2.15.